The molecule has 0 fully saturated rings. The highest BCUT2D eigenvalue weighted by atomic mass is 35.5. The number of rotatable bonds is 6. The first-order chi connectivity index (χ1) is 11.0. The number of anilines is 1. The average Bonchev–Trinajstić information content (AvgIpc) is 2.54. The van der Waals surface area contributed by atoms with E-state index in [1.165, 1.54) is 0 Å². The Morgan fingerprint density at radius 2 is 2.00 bits per heavy atom. The molecule has 0 heterocycles. The zero-order valence-corrected chi connectivity index (χ0v) is 14.5. The first kappa shape index (κ1) is 17.4. The van der Waals surface area contributed by atoms with Crippen LogP contribution in [0, 0.1) is 6.92 Å². The van der Waals surface area contributed by atoms with Gasteiger partial charge in [0, 0.05) is 10.7 Å². The van der Waals surface area contributed by atoms with Gasteiger partial charge in [-0.05, 0) is 54.7 Å². The molecule has 2 aromatic rings. The van der Waals surface area contributed by atoms with Gasteiger partial charge in [0.25, 0.3) is 5.91 Å². The molecule has 1 atom stereocenters. The molecule has 0 aliphatic rings. The van der Waals surface area contributed by atoms with Gasteiger partial charge in [-0.1, -0.05) is 43.6 Å². The number of amides is 1. The Balaban J connectivity index is 2.00. The summed E-state index contributed by atoms with van der Waals surface area (Å²) in [7, 11) is 0. The van der Waals surface area contributed by atoms with E-state index >= 15 is 0 Å². The summed E-state index contributed by atoms with van der Waals surface area (Å²) in [4.78, 5) is 12.2. The second kappa shape index (κ2) is 8.02. The minimum Gasteiger partial charge on any atom is -0.483 e. The number of benzene rings is 2. The summed E-state index contributed by atoms with van der Waals surface area (Å²) in [6.07, 6.45) is 1.02. The molecule has 0 saturated heterocycles. The molecule has 0 bridgehead atoms. The van der Waals surface area contributed by atoms with Crippen LogP contribution in [0.5, 0.6) is 5.75 Å². The summed E-state index contributed by atoms with van der Waals surface area (Å²) in [5.74, 6) is 0.890. The SMILES string of the molecule is CC[C@H](C)c1ccccc1NC(=O)COc1ccc(Cl)cc1C. The predicted molar refractivity (Wildman–Crippen MR) is 95.5 cm³/mol. The van der Waals surface area contributed by atoms with E-state index in [0.717, 1.165) is 23.2 Å². The summed E-state index contributed by atoms with van der Waals surface area (Å²) in [6, 6.07) is 13.2. The summed E-state index contributed by atoms with van der Waals surface area (Å²) in [5.41, 5.74) is 2.90. The Morgan fingerprint density at radius 1 is 1.26 bits per heavy atom. The van der Waals surface area contributed by atoms with Crippen molar-refractivity contribution in [2.24, 2.45) is 0 Å². The van der Waals surface area contributed by atoms with Gasteiger partial charge >= 0.3 is 0 Å². The van der Waals surface area contributed by atoms with Gasteiger partial charge in [-0.2, -0.15) is 0 Å². The van der Waals surface area contributed by atoms with Crippen molar-refractivity contribution in [2.75, 3.05) is 11.9 Å². The van der Waals surface area contributed by atoms with Crippen LogP contribution < -0.4 is 10.1 Å². The van der Waals surface area contributed by atoms with Crippen LogP contribution in [0.3, 0.4) is 0 Å². The van der Waals surface area contributed by atoms with Gasteiger partial charge in [-0.3, -0.25) is 4.79 Å². The van der Waals surface area contributed by atoms with E-state index in [4.69, 9.17) is 16.3 Å². The van der Waals surface area contributed by atoms with Crippen LogP contribution >= 0.6 is 11.6 Å². The van der Waals surface area contributed by atoms with E-state index in [-0.39, 0.29) is 12.5 Å². The molecule has 1 N–H and O–H groups in total. The Morgan fingerprint density at radius 3 is 2.70 bits per heavy atom. The molecule has 122 valence electrons. The maximum Gasteiger partial charge on any atom is 0.262 e. The van der Waals surface area contributed by atoms with Crippen LogP contribution in [-0.4, -0.2) is 12.5 Å². The van der Waals surface area contributed by atoms with Crippen LogP contribution in [0.4, 0.5) is 5.69 Å². The van der Waals surface area contributed by atoms with Crippen LogP contribution in [0.25, 0.3) is 0 Å². The number of carbonyl (C=O) groups is 1. The fourth-order valence-electron chi connectivity index (χ4n) is 2.36. The van der Waals surface area contributed by atoms with Crippen molar-refractivity contribution in [1.82, 2.24) is 0 Å². The molecule has 0 aliphatic heterocycles. The Labute approximate surface area is 142 Å². The number of para-hydroxylation sites is 1. The molecule has 0 aromatic heterocycles. The van der Waals surface area contributed by atoms with Crippen LogP contribution in [0.1, 0.15) is 37.3 Å². The molecule has 3 nitrogen and oxygen atoms in total. The lowest BCUT2D eigenvalue weighted by molar-refractivity contribution is -0.118. The largest absolute Gasteiger partial charge is 0.483 e. The van der Waals surface area contributed by atoms with Gasteiger partial charge in [0.1, 0.15) is 5.75 Å². The molecule has 0 radical (unpaired) electrons. The minimum atomic E-state index is -0.171. The van der Waals surface area contributed by atoms with E-state index in [0.29, 0.717) is 16.7 Å². The molecule has 0 spiro atoms. The summed E-state index contributed by atoms with van der Waals surface area (Å²) in [6.45, 7) is 6.16. The smallest absolute Gasteiger partial charge is 0.262 e. The topological polar surface area (TPSA) is 38.3 Å². The highest BCUT2D eigenvalue weighted by Crippen LogP contribution is 2.26. The van der Waals surface area contributed by atoms with E-state index < -0.39 is 0 Å². The zero-order chi connectivity index (χ0) is 16.8. The molecule has 0 aliphatic carbocycles. The first-order valence-electron chi connectivity index (χ1n) is 7.79. The van der Waals surface area contributed by atoms with Crippen molar-refractivity contribution in [3.63, 3.8) is 0 Å². The standard InChI is InChI=1S/C19H22ClNO2/c1-4-13(2)16-7-5-6-8-17(16)21-19(22)12-23-18-10-9-15(20)11-14(18)3/h5-11,13H,4,12H2,1-3H3,(H,21,22)/t13-/m0/s1. The molecule has 23 heavy (non-hydrogen) atoms. The van der Waals surface area contributed by atoms with Crippen LogP contribution in [0.15, 0.2) is 42.5 Å². The highest BCUT2D eigenvalue weighted by molar-refractivity contribution is 6.30. The molecule has 1 amide bonds. The minimum absolute atomic E-state index is 0.0304. The third-order valence-electron chi connectivity index (χ3n) is 3.87. The van der Waals surface area contributed by atoms with Crippen molar-refractivity contribution in [2.45, 2.75) is 33.1 Å². The number of halogens is 1. The lowest BCUT2D eigenvalue weighted by Gasteiger charge is -2.16. The first-order valence-corrected chi connectivity index (χ1v) is 8.16. The van der Waals surface area contributed by atoms with Gasteiger partial charge in [-0.15, -0.1) is 0 Å². The normalized spacial score (nSPS) is 11.8. The zero-order valence-electron chi connectivity index (χ0n) is 13.7. The fourth-order valence-corrected chi connectivity index (χ4v) is 2.59. The van der Waals surface area contributed by atoms with Gasteiger partial charge in [0.05, 0.1) is 0 Å². The van der Waals surface area contributed by atoms with Crippen molar-refractivity contribution in [1.29, 1.82) is 0 Å². The number of hydrogen-bond acceptors (Lipinski definition) is 2. The maximum absolute atomic E-state index is 12.2. The lowest BCUT2D eigenvalue weighted by Crippen LogP contribution is -2.21. The predicted octanol–water partition coefficient (Wildman–Crippen LogP) is 5.18. The van der Waals surface area contributed by atoms with Crippen molar-refractivity contribution in [3.05, 3.63) is 58.6 Å². The molecule has 0 unspecified atom stereocenters. The molecular formula is C19H22ClNO2. The van der Waals surface area contributed by atoms with Gasteiger partial charge in [0.15, 0.2) is 6.61 Å². The quantitative estimate of drug-likeness (QED) is 0.792. The lowest BCUT2D eigenvalue weighted by atomic mass is 9.97. The van der Waals surface area contributed by atoms with Crippen molar-refractivity contribution >= 4 is 23.2 Å². The Kier molecular flexibility index (Phi) is 6.05. The van der Waals surface area contributed by atoms with Gasteiger partial charge < -0.3 is 10.1 Å². The van der Waals surface area contributed by atoms with Gasteiger partial charge in [0.2, 0.25) is 0 Å². The number of aryl methyl sites for hydroxylation is 1. The van der Waals surface area contributed by atoms with Crippen LogP contribution in [0.2, 0.25) is 5.02 Å². The second-order valence-corrected chi connectivity index (χ2v) is 6.08. The number of carbonyl (C=O) groups excluding carboxylic acids is 1. The van der Waals surface area contributed by atoms with E-state index in [2.05, 4.69) is 19.2 Å². The molecular weight excluding hydrogens is 310 g/mol. The molecule has 2 rings (SSSR count). The third-order valence-corrected chi connectivity index (χ3v) is 4.11. The fraction of sp³-hybridized carbons (Fsp3) is 0.316. The molecule has 2 aromatic carbocycles. The molecule has 0 saturated carbocycles. The average molecular weight is 332 g/mol. The van der Waals surface area contributed by atoms with E-state index in [1.807, 2.05) is 37.3 Å². The Hall–Kier alpha value is -2.00. The number of hydrogen-bond donors (Lipinski definition) is 1. The van der Waals surface area contributed by atoms with Crippen LogP contribution in [-0.2, 0) is 4.79 Å². The van der Waals surface area contributed by atoms with Crippen molar-refractivity contribution in [3.8, 4) is 5.75 Å². The van der Waals surface area contributed by atoms with E-state index in [1.54, 1.807) is 12.1 Å². The van der Waals surface area contributed by atoms with Crippen molar-refractivity contribution < 1.29 is 9.53 Å². The highest BCUT2D eigenvalue weighted by Gasteiger charge is 2.11. The van der Waals surface area contributed by atoms with E-state index in [9.17, 15) is 4.79 Å². The summed E-state index contributed by atoms with van der Waals surface area (Å²) >= 11 is 5.91. The van der Waals surface area contributed by atoms with Gasteiger partial charge in [-0.25, -0.2) is 0 Å². The maximum atomic E-state index is 12.2. The monoisotopic (exact) mass is 331 g/mol. The second-order valence-electron chi connectivity index (χ2n) is 5.64. The Bertz CT molecular complexity index is 685. The molecule has 4 heteroatoms. The summed E-state index contributed by atoms with van der Waals surface area (Å²) < 4.78 is 5.58. The third kappa shape index (κ3) is 4.73. The summed E-state index contributed by atoms with van der Waals surface area (Å²) in [5, 5.41) is 3.59. The number of ether oxygens (including phenoxy) is 1. The number of nitrogens with one attached hydrogen (secondary N) is 1.